The predicted octanol–water partition coefficient (Wildman–Crippen LogP) is 2.91. The van der Waals surface area contributed by atoms with Gasteiger partial charge >= 0.3 is 0 Å². The van der Waals surface area contributed by atoms with Crippen LogP contribution in [0.3, 0.4) is 0 Å². The third kappa shape index (κ3) is 58.5. The molecule has 0 aliphatic carbocycles. The zero-order valence-electron chi connectivity index (χ0n) is 14.6. The van der Waals surface area contributed by atoms with Crippen molar-refractivity contribution < 1.29 is 33.7 Å². The van der Waals surface area contributed by atoms with Crippen LogP contribution in [-0.2, 0) is 21.0 Å². The van der Waals surface area contributed by atoms with Crippen molar-refractivity contribution in [3.05, 3.63) is 109 Å². The van der Waals surface area contributed by atoms with Crippen LogP contribution in [0.5, 0.6) is 0 Å². The Bertz CT molecular complexity index is 682. The summed E-state index contributed by atoms with van der Waals surface area (Å²) in [4.78, 5) is 0. The Hall–Kier alpha value is -1.84. The van der Waals surface area contributed by atoms with Crippen LogP contribution in [0.15, 0.2) is 91.0 Å². The molecule has 6 nitrogen and oxygen atoms in total. The first-order valence-corrected chi connectivity index (χ1v) is 9.66. The molecule has 29 heavy (non-hydrogen) atoms. The van der Waals surface area contributed by atoms with Crippen LogP contribution in [0.1, 0.15) is 0 Å². The molecule has 0 unspecified atom stereocenters. The van der Waals surface area contributed by atoms with Gasteiger partial charge in [0.1, 0.15) is 0 Å². The van der Waals surface area contributed by atoms with Gasteiger partial charge in [0, 0.05) is 24.4 Å². The minimum absolute atomic E-state index is 0. The topological polar surface area (TPSA) is 114 Å². The normalized spacial score (nSPS) is 8.97. The summed E-state index contributed by atoms with van der Waals surface area (Å²) in [5.74, 6) is 0. The molecule has 0 aromatic heterocycles. The van der Waals surface area contributed by atoms with Crippen molar-refractivity contribution in [3.63, 3.8) is 0 Å². The molecule has 0 saturated carbocycles. The minimum Gasteiger partial charge on any atom is -0.722 e. The molecule has 156 valence electrons. The summed E-state index contributed by atoms with van der Waals surface area (Å²) >= 11 is 0. The monoisotopic (exact) mass is 550 g/mol. The number of hydrogen-bond acceptors (Lipinski definition) is 6. The summed E-state index contributed by atoms with van der Waals surface area (Å²) in [6.07, 6.45) is 0. The first-order chi connectivity index (χ1) is 13.0. The summed E-state index contributed by atoms with van der Waals surface area (Å²) in [6, 6.07) is 37.5. The molecule has 6 radical (unpaired) electrons. The van der Waals surface area contributed by atoms with Crippen molar-refractivity contribution in [2.45, 2.75) is 0 Å². The minimum atomic E-state index is -5.42. The van der Waals surface area contributed by atoms with E-state index in [0.717, 1.165) is 0 Å². The van der Waals surface area contributed by atoms with E-state index in [-0.39, 0.29) is 24.4 Å². The van der Waals surface area contributed by atoms with E-state index in [0.29, 0.717) is 0 Å². The van der Waals surface area contributed by atoms with Crippen LogP contribution in [0, 0.1) is 18.2 Å². The molecule has 0 saturated heterocycles. The standard InChI is InChI=1S/3C6H5.2FHO3S.Sb/c3*1-2-4-6-5-3-1;2*1-5(2,3)4;/h3*1-5H;2*(H,2,3,4);/p-2. The van der Waals surface area contributed by atoms with E-state index >= 15 is 0 Å². The van der Waals surface area contributed by atoms with E-state index in [1.165, 1.54) is 0 Å². The molecule has 0 amide bonds. The molecular weight excluding hydrogens is 536 g/mol. The SMILES string of the molecule is O=S(=O)([O-])F.O=S(=O)([O-])F.[Sb].[c]1ccccc1.[c]1ccccc1.[c]1ccccc1. The van der Waals surface area contributed by atoms with E-state index < -0.39 is 21.0 Å². The first-order valence-electron chi connectivity index (χ1n) is 7.04. The molecule has 3 aromatic rings. The molecule has 0 N–H and O–H groups in total. The van der Waals surface area contributed by atoms with Crippen molar-refractivity contribution in [1.82, 2.24) is 0 Å². The molecule has 0 fully saturated rings. The maximum atomic E-state index is 10.1. The predicted molar refractivity (Wildman–Crippen MR) is 103 cm³/mol. The van der Waals surface area contributed by atoms with E-state index in [2.05, 4.69) is 18.2 Å². The fourth-order valence-corrected chi connectivity index (χ4v) is 1.03. The Morgan fingerprint density at radius 1 is 0.483 bits per heavy atom. The second-order valence-electron chi connectivity index (χ2n) is 4.02. The Kier molecular flexibility index (Phi) is 22.9. The molecule has 0 bridgehead atoms. The van der Waals surface area contributed by atoms with Crippen molar-refractivity contribution in [3.8, 4) is 0 Å². The van der Waals surface area contributed by atoms with Crippen LogP contribution < -0.4 is 0 Å². The molecule has 0 aliphatic heterocycles. The van der Waals surface area contributed by atoms with Gasteiger partial charge in [0.05, 0.1) is 0 Å². The van der Waals surface area contributed by atoms with Crippen LogP contribution in [0.25, 0.3) is 0 Å². The quantitative estimate of drug-likeness (QED) is 0.241. The first kappa shape index (κ1) is 31.8. The van der Waals surface area contributed by atoms with Crippen LogP contribution >= 0.6 is 0 Å². The van der Waals surface area contributed by atoms with Gasteiger partial charge in [0.2, 0.25) is 0 Å². The van der Waals surface area contributed by atoms with Crippen molar-refractivity contribution in [2.75, 3.05) is 0 Å². The smallest absolute Gasteiger partial charge is 0.255 e. The Labute approximate surface area is 187 Å². The third-order valence-electron chi connectivity index (χ3n) is 1.82. The molecular formula is C18H15F2O6S2Sb-2. The zero-order chi connectivity index (χ0) is 21.7. The van der Waals surface area contributed by atoms with Gasteiger partial charge < -0.3 is 9.11 Å². The van der Waals surface area contributed by atoms with Gasteiger partial charge in [-0.15, -0.1) is 7.77 Å². The summed E-state index contributed by atoms with van der Waals surface area (Å²) < 4.78 is 70.7. The summed E-state index contributed by atoms with van der Waals surface area (Å²) in [7, 11) is -10.8. The Morgan fingerprint density at radius 2 is 0.621 bits per heavy atom. The number of benzene rings is 3. The van der Waals surface area contributed by atoms with Gasteiger partial charge in [-0.25, -0.2) is 16.8 Å². The van der Waals surface area contributed by atoms with E-state index in [9.17, 15) is 7.77 Å². The molecule has 0 aliphatic rings. The van der Waals surface area contributed by atoms with E-state index in [1.807, 2.05) is 91.0 Å². The third-order valence-corrected chi connectivity index (χ3v) is 1.82. The average Bonchev–Trinajstić information content (AvgIpc) is 2.64. The largest absolute Gasteiger partial charge is 0.722 e. The summed E-state index contributed by atoms with van der Waals surface area (Å²) in [6.45, 7) is 0. The number of hydrogen-bond donors (Lipinski definition) is 0. The summed E-state index contributed by atoms with van der Waals surface area (Å²) in [5, 5.41) is 0. The van der Waals surface area contributed by atoms with E-state index in [1.54, 1.807) is 0 Å². The molecule has 11 heteroatoms. The van der Waals surface area contributed by atoms with Gasteiger partial charge in [0.15, 0.2) is 0 Å². The van der Waals surface area contributed by atoms with Crippen molar-refractivity contribution in [1.29, 1.82) is 0 Å². The van der Waals surface area contributed by atoms with Crippen molar-refractivity contribution in [2.24, 2.45) is 0 Å². The van der Waals surface area contributed by atoms with E-state index in [4.69, 9.17) is 25.9 Å². The fraction of sp³-hybridized carbons (Fsp3) is 0. The van der Waals surface area contributed by atoms with Crippen LogP contribution in [0.2, 0.25) is 0 Å². The maximum absolute atomic E-state index is 10.1. The van der Waals surface area contributed by atoms with Gasteiger partial charge in [0.25, 0.3) is 21.0 Å². The maximum Gasteiger partial charge on any atom is 0.255 e. The second kappa shape index (κ2) is 20.9. The fourth-order valence-electron chi connectivity index (χ4n) is 1.03. The second-order valence-corrected chi connectivity index (χ2v) is 5.59. The van der Waals surface area contributed by atoms with Crippen LogP contribution in [0.4, 0.5) is 7.77 Å². The average molecular weight is 551 g/mol. The molecule has 0 atom stereocenters. The summed E-state index contributed by atoms with van der Waals surface area (Å²) in [5.41, 5.74) is 0. The van der Waals surface area contributed by atoms with Gasteiger partial charge in [-0.1, -0.05) is 91.0 Å². The molecule has 0 spiro atoms. The number of rotatable bonds is 0. The Balaban J connectivity index is -0.000000290. The molecule has 0 heterocycles. The molecule has 3 rings (SSSR count). The van der Waals surface area contributed by atoms with Gasteiger partial charge in [-0.2, -0.15) is 0 Å². The van der Waals surface area contributed by atoms with Crippen LogP contribution in [-0.4, -0.2) is 50.4 Å². The van der Waals surface area contributed by atoms with Gasteiger partial charge in [-0.05, 0) is 18.2 Å². The van der Waals surface area contributed by atoms with Gasteiger partial charge in [-0.3, -0.25) is 0 Å². The number of halogens is 2. The zero-order valence-corrected chi connectivity index (χ0v) is 18.8. The van der Waals surface area contributed by atoms with Crippen molar-refractivity contribution >= 4 is 45.4 Å². The Morgan fingerprint density at radius 3 is 0.655 bits per heavy atom. The molecule has 3 aromatic carbocycles.